The standard InChI is InChI=1S/C22H22O7/c1-24-15-8-17(26-3)16(25-2)7-14(15)21-13-6-19-18(28-10-29-19)5-11(13)4-12-9-27-22(23)20(12)21/h5-8,12,20-21H,4,9-10H2,1-3H3/t12?,20?,21-/m0/s1. The van der Waals surface area contributed by atoms with E-state index >= 15 is 0 Å². The van der Waals surface area contributed by atoms with Crippen molar-refractivity contribution < 1.29 is 33.2 Å². The number of ether oxygens (including phenoxy) is 6. The molecule has 0 aromatic heterocycles. The van der Waals surface area contributed by atoms with Crippen LogP contribution >= 0.6 is 0 Å². The number of hydrogen-bond donors (Lipinski definition) is 0. The molecule has 3 atom stereocenters. The summed E-state index contributed by atoms with van der Waals surface area (Å²) < 4.78 is 33.3. The van der Waals surface area contributed by atoms with E-state index in [0.717, 1.165) is 28.9 Å². The first-order valence-corrected chi connectivity index (χ1v) is 9.53. The number of carbonyl (C=O) groups excluding carboxylic acids is 1. The number of carbonyl (C=O) groups is 1. The minimum absolute atomic E-state index is 0.0955. The minimum atomic E-state index is -0.296. The molecule has 2 aromatic rings. The summed E-state index contributed by atoms with van der Waals surface area (Å²) in [5.41, 5.74) is 3.02. The summed E-state index contributed by atoms with van der Waals surface area (Å²) in [5, 5.41) is 0. The summed E-state index contributed by atoms with van der Waals surface area (Å²) >= 11 is 0. The van der Waals surface area contributed by atoms with Gasteiger partial charge in [0.1, 0.15) is 5.75 Å². The van der Waals surface area contributed by atoms with Gasteiger partial charge >= 0.3 is 5.97 Å². The molecule has 2 unspecified atom stereocenters. The van der Waals surface area contributed by atoms with Gasteiger partial charge in [-0.15, -0.1) is 0 Å². The zero-order valence-corrected chi connectivity index (χ0v) is 16.5. The number of benzene rings is 2. The van der Waals surface area contributed by atoms with Crippen LogP contribution in [0.4, 0.5) is 0 Å². The highest BCUT2D eigenvalue weighted by Gasteiger charge is 2.49. The lowest BCUT2D eigenvalue weighted by Crippen LogP contribution is -2.31. The average molecular weight is 398 g/mol. The third-order valence-electron chi connectivity index (χ3n) is 6.10. The van der Waals surface area contributed by atoms with Crippen molar-refractivity contribution in [2.24, 2.45) is 11.8 Å². The Hall–Kier alpha value is -3.09. The second kappa shape index (κ2) is 6.76. The van der Waals surface area contributed by atoms with Gasteiger partial charge in [0.15, 0.2) is 23.0 Å². The van der Waals surface area contributed by atoms with Crippen molar-refractivity contribution in [2.45, 2.75) is 12.3 Å². The van der Waals surface area contributed by atoms with Gasteiger partial charge in [0.05, 0.1) is 33.9 Å². The van der Waals surface area contributed by atoms with Crippen LogP contribution in [-0.2, 0) is 16.0 Å². The molecule has 0 N–H and O–H groups in total. The molecule has 0 radical (unpaired) electrons. The van der Waals surface area contributed by atoms with Gasteiger partial charge in [-0.05, 0) is 35.7 Å². The first-order chi connectivity index (χ1) is 14.1. The van der Waals surface area contributed by atoms with Crippen LogP contribution < -0.4 is 23.7 Å². The monoisotopic (exact) mass is 398 g/mol. The van der Waals surface area contributed by atoms with Gasteiger partial charge in [-0.1, -0.05) is 0 Å². The Morgan fingerprint density at radius 2 is 1.52 bits per heavy atom. The fourth-order valence-electron chi connectivity index (χ4n) is 4.77. The molecule has 7 heteroatoms. The second-order valence-electron chi connectivity index (χ2n) is 7.45. The lowest BCUT2D eigenvalue weighted by molar-refractivity contribution is -0.141. The molecule has 1 saturated heterocycles. The van der Waals surface area contributed by atoms with Crippen molar-refractivity contribution in [1.82, 2.24) is 0 Å². The molecule has 0 bridgehead atoms. The summed E-state index contributed by atoms with van der Waals surface area (Å²) in [6, 6.07) is 7.70. The summed E-state index contributed by atoms with van der Waals surface area (Å²) in [6.45, 7) is 0.626. The fourth-order valence-corrected chi connectivity index (χ4v) is 4.77. The van der Waals surface area contributed by atoms with E-state index in [1.54, 1.807) is 27.4 Å². The number of fused-ring (bicyclic) bond motifs is 3. The van der Waals surface area contributed by atoms with E-state index in [-0.39, 0.29) is 30.5 Å². The fraction of sp³-hybridized carbons (Fsp3) is 0.409. The van der Waals surface area contributed by atoms with Crippen LogP contribution in [0.1, 0.15) is 22.6 Å². The van der Waals surface area contributed by atoms with Crippen molar-refractivity contribution in [3.8, 4) is 28.7 Å². The van der Waals surface area contributed by atoms with E-state index in [1.165, 1.54) is 0 Å². The quantitative estimate of drug-likeness (QED) is 0.733. The van der Waals surface area contributed by atoms with E-state index < -0.39 is 0 Å². The highest BCUT2D eigenvalue weighted by Crippen LogP contribution is 2.53. The molecule has 29 heavy (non-hydrogen) atoms. The number of cyclic esters (lactones) is 1. The topological polar surface area (TPSA) is 72.5 Å². The maximum atomic E-state index is 12.7. The molecular formula is C22H22O7. The summed E-state index contributed by atoms with van der Waals surface area (Å²) in [4.78, 5) is 12.7. The van der Waals surface area contributed by atoms with Gasteiger partial charge in [0.2, 0.25) is 6.79 Å². The predicted octanol–water partition coefficient (Wildman–Crippen LogP) is 2.92. The third kappa shape index (κ3) is 2.68. The Labute approximate surface area is 168 Å². The first-order valence-electron chi connectivity index (χ1n) is 9.53. The van der Waals surface area contributed by atoms with E-state index in [4.69, 9.17) is 28.4 Å². The van der Waals surface area contributed by atoms with Crippen LogP contribution in [0.25, 0.3) is 0 Å². The van der Waals surface area contributed by atoms with E-state index in [2.05, 4.69) is 0 Å². The molecule has 0 amide bonds. The molecule has 152 valence electrons. The Balaban J connectivity index is 1.73. The molecule has 1 aliphatic carbocycles. The molecule has 7 nitrogen and oxygen atoms in total. The van der Waals surface area contributed by atoms with Crippen molar-refractivity contribution in [3.63, 3.8) is 0 Å². The van der Waals surface area contributed by atoms with E-state index in [1.807, 2.05) is 18.2 Å². The van der Waals surface area contributed by atoms with Crippen molar-refractivity contribution >= 4 is 5.97 Å². The highest BCUT2D eigenvalue weighted by molar-refractivity contribution is 5.79. The normalized spacial score (nSPS) is 23.8. The lowest BCUT2D eigenvalue weighted by atomic mass is 9.67. The summed E-state index contributed by atoms with van der Waals surface area (Å²) in [6.07, 6.45) is 0.758. The third-order valence-corrected chi connectivity index (χ3v) is 6.10. The molecule has 3 aliphatic rings. The van der Waals surface area contributed by atoms with E-state index in [9.17, 15) is 4.79 Å². The maximum absolute atomic E-state index is 12.7. The predicted molar refractivity (Wildman–Crippen MR) is 102 cm³/mol. The van der Waals surface area contributed by atoms with Crippen LogP contribution in [-0.4, -0.2) is 40.7 Å². The molecule has 1 fully saturated rings. The number of rotatable bonds is 4. The molecular weight excluding hydrogens is 376 g/mol. The van der Waals surface area contributed by atoms with Crippen molar-refractivity contribution in [2.75, 3.05) is 34.7 Å². The smallest absolute Gasteiger partial charge is 0.310 e. The SMILES string of the molecule is COc1cc(OC)c([C@@H]2c3cc4c(cc3CC3COC(=O)C32)OCO4)cc1OC. The zero-order valence-electron chi connectivity index (χ0n) is 16.5. The molecule has 2 heterocycles. The van der Waals surface area contributed by atoms with Crippen LogP contribution in [0.5, 0.6) is 28.7 Å². The molecule has 0 spiro atoms. The number of hydrogen-bond acceptors (Lipinski definition) is 7. The van der Waals surface area contributed by atoms with Crippen molar-refractivity contribution in [1.29, 1.82) is 0 Å². The maximum Gasteiger partial charge on any atom is 0.310 e. The molecule has 2 aromatic carbocycles. The number of methoxy groups -OCH3 is 3. The average Bonchev–Trinajstić information content (AvgIpc) is 3.35. The Kier molecular flexibility index (Phi) is 4.19. The minimum Gasteiger partial charge on any atom is -0.496 e. The Bertz CT molecular complexity index is 984. The van der Waals surface area contributed by atoms with Crippen LogP contribution in [0.2, 0.25) is 0 Å². The van der Waals surface area contributed by atoms with Gasteiger partial charge in [0, 0.05) is 23.5 Å². The molecule has 2 aliphatic heterocycles. The summed E-state index contributed by atoms with van der Waals surface area (Å²) in [7, 11) is 4.78. The molecule has 0 saturated carbocycles. The van der Waals surface area contributed by atoms with Gasteiger partial charge < -0.3 is 28.4 Å². The largest absolute Gasteiger partial charge is 0.496 e. The second-order valence-corrected chi connectivity index (χ2v) is 7.45. The summed E-state index contributed by atoms with van der Waals surface area (Å²) in [5.74, 6) is 2.59. The molecule has 5 rings (SSSR count). The van der Waals surface area contributed by atoms with Gasteiger partial charge in [-0.3, -0.25) is 4.79 Å². The van der Waals surface area contributed by atoms with E-state index in [0.29, 0.717) is 29.6 Å². The van der Waals surface area contributed by atoms with Gasteiger partial charge in [-0.25, -0.2) is 0 Å². The lowest BCUT2D eigenvalue weighted by Gasteiger charge is -2.34. The zero-order chi connectivity index (χ0) is 20.1. The van der Waals surface area contributed by atoms with Crippen LogP contribution in [0, 0.1) is 11.8 Å². The highest BCUT2D eigenvalue weighted by atomic mass is 16.7. The van der Waals surface area contributed by atoms with Gasteiger partial charge in [0.25, 0.3) is 0 Å². The number of esters is 1. The first kappa shape index (κ1) is 18.0. The van der Waals surface area contributed by atoms with Crippen LogP contribution in [0.15, 0.2) is 24.3 Å². The Morgan fingerprint density at radius 1 is 0.828 bits per heavy atom. The van der Waals surface area contributed by atoms with Gasteiger partial charge in [-0.2, -0.15) is 0 Å². The van der Waals surface area contributed by atoms with Crippen LogP contribution in [0.3, 0.4) is 0 Å². The van der Waals surface area contributed by atoms with Crippen molar-refractivity contribution in [3.05, 3.63) is 41.0 Å². The Morgan fingerprint density at radius 3 is 2.24 bits per heavy atom.